The predicted octanol–water partition coefficient (Wildman–Crippen LogP) is 0.791. The van der Waals surface area contributed by atoms with Gasteiger partial charge in [-0.2, -0.15) is 0 Å². The highest BCUT2D eigenvalue weighted by Crippen LogP contribution is 2.37. The first-order valence-electron chi connectivity index (χ1n) is 10.7. The van der Waals surface area contributed by atoms with Crippen molar-refractivity contribution in [2.45, 2.75) is 56.7 Å². The Morgan fingerprint density at radius 3 is 2.73 bits per heavy atom. The molecule has 1 aliphatic carbocycles. The number of carbonyl (C=O) groups is 4. The number of imide groups is 2. The van der Waals surface area contributed by atoms with Gasteiger partial charge in [0, 0.05) is 31.6 Å². The Bertz CT molecular complexity index is 960. The number of hydrogen-bond donors (Lipinski definition) is 2. The second kappa shape index (κ2) is 6.99. The number of benzene rings is 1. The van der Waals surface area contributed by atoms with Gasteiger partial charge in [-0.15, -0.1) is 0 Å². The molecular formula is C22H26N4O4. The minimum Gasteiger partial charge on any atom is -0.324 e. The summed E-state index contributed by atoms with van der Waals surface area (Å²) in [5.41, 5.74) is 7.95. The zero-order valence-corrected chi connectivity index (χ0v) is 16.9. The topological polar surface area (TPSA) is 113 Å². The van der Waals surface area contributed by atoms with E-state index in [1.54, 1.807) is 12.1 Å². The zero-order valence-electron chi connectivity index (χ0n) is 16.9. The molecule has 158 valence electrons. The van der Waals surface area contributed by atoms with Crippen molar-refractivity contribution >= 4 is 23.6 Å². The van der Waals surface area contributed by atoms with Crippen LogP contribution in [0.15, 0.2) is 18.2 Å². The summed E-state index contributed by atoms with van der Waals surface area (Å²) in [4.78, 5) is 53.3. The van der Waals surface area contributed by atoms with Gasteiger partial charge in [0.25, 0.3) is 11.8 Å². The summed E-state index contributed by atoms with van der Waals surface area (Å²) >= 11 is 0. The lowest BCUT2D eigenvalue weighted by atomic mass is 9.73. The average molecular weight is 410 g/mol. The highest BCUT2D eigenvalue weighted by molar-refractivity contribution is 6.24. The summed E-state index contributed by atoms with van der Waals surface area (Å²) in [5.74, 6) is -1.29. The van der Waals surface area contributed by atoms with Crippen molar-refractivity contribution in [2.24, 2.45) is 11.7 Å². The third-order valence-electron chi connectivity index (χ3n) is 6.99. The molecule has 3 aliphatic heterocycles. The normalized spacial score (nSPS) is 31.7. The first kappa shape index (κ1) is 19.4. The molecule has 8 nitrogen and oxygen atoms in total. The first-order chi connectivity index (χ1) is 14.3. The van der Waals surface area contributed by atoms with Gasteiger partial charge in [0.05, 0.1) is 11.1 Å². The van der Waals surface area contributed by atoms with Crippen molar-refractivity contribution in [3.8, 4) is 0 Å². The van der Waals surface area contributed by atoms with E-state index in [1.165, 1.54) is 12.8 Å². The van der Waals surface area contributed by atoms with E-state index in [0.29, 0.717) is 23.6 Å². The van der Waals surface area contributed by atoms with Gasteiger partial charge in [0.2, 0.25) is 11.8 Å². The number of likely N-dealkylation sites (tertiary alicyclic amines) is 1. The Kier molecular flexibility index (Phi) is 4.52. The molecule has 3 fully saturated rings. The van der Waals surface area contributed by atoms with E-state index < -0.39 is 23.8 Å². The SMILES string of the molecule is NC12CCCC(CN(Cc3cccc4c3C(=O)N(C3CCC(=O)NC3=O)C4=O)C1)C2. The van der Waals surface area contributed by atoms with Crippen LogP contribution in [0.2, 0.25) is 0 Å². The summed E-state index contributed by atoms with van der Waals surface area (Å²) in [5, 5.41) is 2.24. The number of hydrogen-bond acceptors (Lipinski definition) is 6. The molecule has 0 radical (unpaired) electrons. The predicted molar refractivity (Wildman–Crippen MR) is 107 cm³/mol. The molecule has 3 unspecified atom stereocenters. The van der Waals surface area contributed by atoms with Crippen LogP contribution in [-0.4, -0.2) is 58.1 Å². The first-order valence-corrected chi connectivity index (χ1v) is 10.7. The molecule has 8 heteroatoms. The molecule has 3 heterocycles. The van der Waals surface area contributed by atoms with Crippen molar-refractivity contribution in [1.29, 1.82) is 0 Å². The third kappa shape index (κ3) is 3.15. The van der Waals surface area contributed by atoms with Gasteiger partial charge in [-0.1, -0.05) is 18.6 Å². The Morgan fingerprint density at radius 2 is 1.97 bits per heavy atom. The molecule has 30 heavy (non-hydrogen) atoms. The Hall–Kier alpha value is -2.58. The maximum Gasteiger partial charge on any atom is 0.262 e. The van der Waals surface area contributed by atoms with Crippen LogP contribution in [0.1, 0.15) is 64.8 Å². The molecule has 4 aliphatic rings. The van der Waals surface area contributed by atoms with E-state index in [2.05, 4.69) is 10.2 Å². The third-order valence-corrected chi connectivity index (χ3v) is 6.99. The lowest BCUT2D eigenvalue weighted by molar-refractivity contribution is -0.136. The summed E-state index contributed by atoms with van der Waals surface area (Å²) in [6, 6.07) is 4.37. The molecule has 0 aromatic heterocycles. The molecule has 2 saturated heterocycles. The second-order valence-electron chi connectivity index (χ2n) is 9.28. The molecule has 0 spiro atoms. The Balaban J connectivity index is 1.41. The zero-order chi connectivity index (χ0) is 21.0. The Labute approximate surface area is 174 Å². The van der Waals surface area contributed by atoms with Crippen LogP contribution in [0.5, 0.6) is 0 Å². The van der Waals surface area contributed by atoms with Gasteiger partial charge in [-0.05, 0) is 43.2 Å². The number of rotatable bonds is 3. The van der Waals surface area contributed by atoms with Gasteiger partial charge in [0.15, 0.2) is 0 Å². The van der Waals surface area contributed by atoms with Gasteiger partial charge < -0.3 is 5.73 Å². The van der Waals surface area contributed by atoms with E-state index in [-0.39, 0.29) is 24.3 Å². The lowest BCUT2D eigenvalue weighted by Crippen LogP contribution is -2.58. The minimum absolute atomic E-state index is 0.115. The smallest absolute Gasteiger partial charge is 0.262 e. The highest BCUT2D eigenvalue weighted by atomic mass is 16.2. The van der Waals surface area contributed by atoms with Crippen LogP contribution in [-0.2, 0) is 16.1 Å². The fourth-order valence-corrected chi connectivity index (χ4v) is 5.77. The second-order valence-corrected chi connectivity index (χ2v) is 9.28. The fourth-order valence-electron chi connectivity index (χ4n) is 5.77. The maximum atomic E-state index is 13.3. The van der Waals surface area contributed by atoms with Crippen molar-refractivity contribution in [3.63, 3.8) is 0 Å². The minimum atomic E-state index is -0.940. The van der Waals surface area contributed by atoms with Crippen molar-refractivity contribution in [3.05, 3.63) is 34.9 Å². The van der Waals surface area contributed by atoms with Crippen LogP contribution in [0.3, 0.4) is 0 Å². The molecule has 1 saturated carbocycles. The van der Waals surface area contributed by atoms with Gasteiger partial charge in [-0.25, -0.2) is 0 Å². The van der Waals surface area contributed by atoms with E-state index in [0.717, 1.165) is 36.4 Å². The highest BCUT2D eigenvalue weighted by Gasteiger charge is 2.46. The van der Waals surface area contributed by atoms with Gasteiger partial charge in [0.1, 0.15) is 6.04 Å². The average Bonchev–Trinajstić information content (AvgIpc) is 2.93. The lowest BCUT2D eigenvalue weighted by Gasteiger charge is -2.48. The number of fused-ring (bicyclic) bond motifs is 3. The molecule has 2 bridgehead atoms. The number of nitrogens with zero attached hydrogens (tertiary/aromatic N) is 2. The monoisotopic (exact) mass is 410 g/mol. The van der Waals surface area contributed by atoms with E-state index >= 15 is 0 Å². The quantitative estimate of drug-likeness (QED) is 0.713. The number of carbonyl (C=O) groups excluding carboxylic acids is 4. The summed E-state index contributed by atoms with van der Waals surface area (Å²) in [6.07, 6.45) is 4.71. The summed E-state index contributed by atoms with van der Waals surface area (Å²) in [7, 11) is 0. The number of nitrogens with two attached hydrogens (primary N) is 1. The fraction of sp³-hybridized carbons (Fsp3) is 0.545. The Morgan fingerprint density at radius 1 is 1.13 bits per heavy atom. The van der Waals surface area contributed by atoms with Crippen molar-refractivity contribution in [2.75, 3.05) is 13.1 Å². The van der Waals surface area contributed by atoms with Crippen LogP contribution in [0, 0.1) is 5.92 Å². The number of nitrogens with one attached hydrogen (secondary N) is 1. The van der Waals surface area contributed by atoms with Crippen LogP contribution in [0.25, 0.3) is 0 Å². The number of amides is 4. The standard InChI is InChI=1S/C22H26N4O4/c23-22-8-2-3-13(9-22)10-25(12-22)11-14-4-1-5-15-18(14)21(30)26(20(15)29)16-6-7-17(27)24-19(16)28/h1,4-5,13,16H,2-3,6-12,23H2,(H,24,27,28). The molecule has 5 rings (SSSR count). The molecular weight excluding hydrogens is 384 g/mol. The summed E-state index contributed by atoms with van der Waals surface area (Å²) in [6.45, 7) is 2.29. The summed E-state index contributed by atoms with van der Waals surface area (Å²) < 4.78 is 0. The van der Waals surface area contributed by atoms with Gasteiger partial charge >= 0.3 is 0 Å². The molecule has 1 aromatic carbocycles. The van der Waals surface area contributed by atoms with E-state index in [9.17, 15) is 19.2 Å². The van der Waals surface area contributed by atoms with E-state index in [1.807, 2.05) is 6.07 Å². The van der Waals surface area contributed by atoms with Crippen LogP contribution in [0.4, 0.5) is 0 Å². The molecule has 3 atom stereocenters. The van der Waals surface area contributed by atoms with E-state index in [4.69, 9.17) is 5.73 Å². The molecule has 3 N–H and O–H groups in total. The van der Waals surface area contributed by atoms with Crippen LogP contribution >= 0.6 is 0 Å². The molecule has 1 aromatic rings. The van der Waals surface area contributed by atoms with Gasteiger partial charge in [-0.3, -0.25) is 34.3 Å². The number of piperidine rings is 2. The van der Waals surface area contributed by atoms with Crippen molar-refractivity contribution in [1.82, 2.24) is 15.1 Å². The maximum absolute atomic E-state index is 13.3. The largest absolute Gasteiger partial charge is 0.324 e. The van der Waals surface area contributed by atoms with Crippen molar-refractivity contribution < 1.29 is 19.2 Å². The molecule has 4 amide bonds. The van der Waals surface area contributed by atoms with Crippen LogP contribution < -0.4 is 11.1 Å².